The number of amides is 1. The first-order valence-electron chi connectivity index (χ1n) is 8.63. The summed E-state index contributed by atoms with van der Waals surface area (Å²) in [5.74, 6) is -1.35. The molecule has 0 saturated carbocycles. The summed E-state index contributed by atoms with van der Waals surface area (Å²) in [6, 6.07) is 10.1. The summed E-state index contributed by atoms with van der Waals surface area (Å²) in [6.45, 7) is 3.80. The van der Waals surface area contributed by atoms with Crippen molar-refractivity contribution in [2.75, 3.05) is 23.3 Å². The van der Waals surface area contributed by atoms with Crippen molar-refractivity contribution < 1.29 is 19.1 Å². The number of carboxylic acids is 1. The molecule has 1 fully saturated rings. The summed E-state index contributed by atoms with van der Waals surface area (Å²) in [7, 11) is 0. The number of hydrogen-bond donors (Lipinski definition) is 2. The Bertz CT molecular complexity index is 820. The lowest BCUT2D eigenvalue weighted by molar-refractivity contribution is 0.0697. The monoisotopic (exact) mass is 356 g/mol. The standard InChI is InChI=1S/C20H21FN2O3/c1-13-3-2-10-23(12-13)18-9-8-16(11-17(18)20(25)26)22-19(24)14-4-6-15(21)7-5-14/h4-9,11,13H,2-3,10,12H2,1H3,(H,22,24)(H,25,26)/t13-/m0/s1. The highest BCUT2D eigenvalue weighted by molar-refractivity contribution is 6.05. The molecule has 136 valence electrons. The molecule has 6 heteroatoms. The van der Waals surface area contributed by atoms with Crippen molar-refractivity contribution in [3.63, 3.8) is 0 Å². The van der Waals surface area contributed by atoms with Crippen molar-refractivity contribution in [1.29, 1.82) is 0 Å². The Morgan fingerprint density at radius 3 is 2.58 bits per heavy atom. The molecular formula is C20H21FN2O3. The fraction of sp³-hybridized carbons (Fsp3) is 0.300. The number of halogens is 1. The van der Waals surface area contributed by atoms with Gasteiger partial charge >= 0.3 is 5.97 Å². The van der Waals surface area contributed by atoms with Gasteiger partial charge in [-0.2, -0.15) is 0 Å². The van der Waals surface area contributed by atoms with E-state index < -0.39 is 17.7 Å². The number of carboxylic acid groups (broad SMARTS) is 1. The molecule has 5 nitrogen and oxygen atoms in total. The zero-order chi connectivity index (χ0) is 18.7. The molecule has 0 spiro atoms. The summed E-state index contributed by atoms with van der Waals surface area (Å²) in [5.41, 5.74) is 1.53. The molecule has 2 N–H and O–H groups in total. The molecular weight excluding hydrogens is 335 g/mol. The van der Waals surface area contributed by atoms with Crippen molar-refractivity contribution >= 4 is 23.3 Å². The molecule has 2 aromatic rings. The third-order valence-electron chi connectivity index (χ3n) is 4.59. The smallest absolute Gasteiger partial charge is 0.337 e. The van der Waals surface area contributed by atoms with Gasteiger partial charge in [0, 0.05) is 24.3 Å². The molecule has 0 aliphatic carbocycles. The quantitative estimate of drug-likeness (QED) is 0.868. The Kier molecular flexibility index (Phi) is 5.21. The Balaban J connectivity index is 1.83. The molecule has 3 rings (SSSR count). The number of anilines is 2. The average molecular weight is 356 g/mol. The highest BCUT2D eigenvalue weighted by Crippen LogP contribution is 2.29. The molecule has 0 radical (unpaired) electrons. The highest BCUT2D eigenvalue weighted by Gasteiger charge is 2.22. The van der Waals surface area contributed by atoms with Crippen LogP contribution in [0.1, 0.15) is 40.5 Å². The van der Waals surface area contributed by atoms with Gasteiger partial charge in [-0.1, -0.05) is 6.92 Å². The number of nitrogens with one attached hydrogen (secondary N) is 1. The van der Waals surface area contributed by atoms with Crippen LogP contribution in [0.25, 0.3) is 0 Å². The topological polar surface area (TPSA) is 69.6 Å². The Morgan fingerprint density at radius 2 is 1.92 bits per heavy atom. The Labute approximate surface area is 151 Å². The first kappa shape index (κ1) is 17.9. The maximum Gasteiger partial charge on any atom is 0.337 e. The number of carbonyl (C=O) groups is 2. The lowest BCUT2D eigenvalue weighted by atomic mass is 9.98. The van der Waals surface area contributed by atoms with E-state index in [0.717, 1.165) is 25.9 Å². The van der Waals surface area contributed by atoms with Crippen LogP contribution in [-0.2, 0) is 0 Å². The Hall–Kier alpha value is -2.89. The molecule has 0 unspecified atom stereocenters. The predicted molar refractivity (Wildman–Crippen MR) is 98.4 cm³/mol. The number of benzene rings is 2. The van der Waals surface area contributed by atoms with Crippen molar-refractivity contribution in [1.82, 2.24) is 0 Å². The van der Waals surface area contributed by atoms with Gasteiger partial charge in [0.1, 0.15) is 5.82 Å². The van der Waals surface area contributed by atoms with Gasteiger partial charge in [0.25, 0.3) is 5.91 Å². The maximum atomic E-state index is 13.0. The van der Waals surface area contributed by atoms with Crippen LogP contribution in [0.3, 0.4) is 0 Å². The zero-order valence-electron chi connectivity index (χ0n) is 14.5. The first-order chi connectivity index (χ1) is 12.4. The van der Waals surface area contributed by atoms with Crippen LogP contribution in [0.4, 0.5) is 15.8 Å². The number of nitrogens with zero attached hydrogens (tertiary/aromatic N) is 1. The minimum absolute atomic E-state index is 0.163. The fourth-order valence-electron chi connectivity index (χ4n) is 3.27. The molecule has 1 amide bonds. The highest BCUT2D eigenvalue weighted by atomic mass is 19.1. The van der Waals surface area contributed by atoms with Crippen LogP contribution in [0.15, 0.2) is 42.5 Å². The van der Waals surface area contributed by atoms with E-state index in [1.54, 1.807) is 12.1 Å². The van der Waals surface area contributed by atoms with Crippen molar-refractivity contribution in [3.05, 3.63) is 59.4 Å². The van der Waals surface area contributed by atoms with Crippen LogP contribution < -0.4 is 10.2 Å². The van der Waals surface area contributed by atoms with Crippen LogP contribution >= 0.6 is 0 Å². The summed E-state index contributed by atoms with van der Waals surface area (Å²) in [5, 5.41) is 12.3. The van der Waals surface area contributed by atoms with Crippen molar-refractivity contribution in [2.24, 2.45) is 5.92 Å². The van der Waals surface area contributed by atoms with E-state index in [1.165, 1.54) is 30.3 Å². The van der Waals surface area contributed by atoms with E-state index in [0.29, 0.717) is 22.9 Å². The van der Waals surface area contributed by atoms with Gasteiger partial charge < -0.3 is 15.3 Å². The maximum absolute atomic E-state index is 13.0. The number of hydrogen-bond acceptors (Lipinski definition) is 3. The summed E-state index contributed by atoms with van der Waals surface area (Å²) in [6.07, 6.45) is 2.17. The van der Waals surface area contributed by atoms with Gasteiger partial charge in [0.05, 0.1) is 11.3 Å². The third kappa shape index (κ3) is 4.02. The average Bonchev–Trinajstić information content (AvgIpc) is 2.62. The number of rotatable bonds is 4. The molecule has 1 atom stereocenters. The van der Waals surface area contributed by atoms with E-state index in [9.17, 15) is 19.1 Å². The van der Waals surface area contributed by atoms with E-state index >= 15 is 0 Å². The summed E-state index contributed by atoms with van der Waals surface area (Å²) in [4.78, 5) is 26.0. The lowest BCUT2D eigenvalue weighted by Gasteiger charge is -2.33. The number of carbonyl (C=O) groups excluding carboxylic acids is 1. The number of aromatic carboxylic acids is 1. The molecule has 2 aromatic carbocycles. The van der Waals surface area contributed by atoms with Crippen molar-refractivity contribution in [3.8, 4) is 0 Å². The SMILES string of the molecule is C[C@H]1CCCN(c2ccc(NC(=O)c3ccc(F)cc3)cc2C(=O)O)C1. The molecule has 0 aromatic heterocycles. The summed E-state index contributed by atoms with van der Waals surface area (Å²) >= 11 is 0. The van der Waals surface area contributed by atoms with Crippen LogP contribution in [0.5, 0.6) is 0 Å². The second kappa shape index (κ2) is 7.56. The largest absolute Gasteiger partial charge is 0.478 e. The molecule has 1 saturated heterocycles. The molecule has 26 heavy (non-hydrogen) atoms. The number of piperidine rings is 1. The van der Waals surface area contributed by atoms with E-state index in [2.05, 4.69) is 17.1 Å². The Morgan fingerprint density at radius 1 is 1.19 bits per heavy atom. The predicted octanol–water partition coefficient (Wildman–Crippen LogP) is 4.01. The van der Waals surface area contributed by atoms with Gasteiger partial charge in [-0.3, -0.25) is 4.79 Å². The van der Waals surface area contributed by atoms with Gasteiger partial charge in [0.15, 0.2) is 0 Å². The third-order valence-corrected chi connectivity index (χ3v) is 4.59. The molecule has 0 bridgehead atoms. The minimum atomic E-state index is -1.03. The minimum Gasteiger partial charge on any atom is -0.478 e. The zero-order valence-corrected chi connectivity index (χ0v) is 14.5. The molecule has 1 aliphatic rings. The first-order valence-corrected chi connectivity index (χ1v) is 8.63. The lowest BCUT2D eigenvalue weighted by Crippen LogP contribution is -2.35. The fourth-order valence-corrected chi connectivity index (χ4v) is 3.27. The normalized spacial score (nSPS) is 17.0. The van der Waals surface area contributed by atoms with Gasteiger partial charge in [-0.25, -0.2) is 9.18 Å². The van der Waals surface area contributed by atoms with Gasteiger partial charge in [0.2, 0.25) is 0 Å². The van der Waals surface area contributed by atoms with Gasteiger partial charge in [-0.15, -0.1) is 0 Å². The van der Waals surface area contributed by atoms with E-state index in [4.69, 9.17) is 0 Å². The molecule has 1 aliphatic heterocycles. The molecule has 1 heterocycles. The van der Waals surface area contributed by atoms with Gasteiger partial charge in [-0.05, 0) is 61.2 Å². The van der Waals surface area contributed by atoms with Crippen molar-refractivity contribution in [2.45, 2.75) is 19.8 Å². The van der Waals surface area contributed by atoms with Crippen LogP contribution in [-0.4, -0.2) is 30.1 Å². The second-order valence-corrected chi connectivity index (χ2v) is 6.69. The van der Waals surface area contributed by atoms with E-state index in [1.807, 2.05) is 0 Å². The van der Waals surface area contributed by atoms with Crippen LogP contribution in [0.2, 0.25) is 0 Å². The second-order valence-electron chi connectivity index (χ2n) is 6.69. The van der Waals surface area contributed by atoms with E-state index in [-0.39, 0.29) is 5.56 Å². The summed E-state index contributed by atoms with van der Waals surface area (Å²) < 4.78 is 13.0. The van der Waals surface area contributed by atoms with Crippen LogP contribution in [0, 0.1) is 11.7 Å².